The van der Waals surface area contributed by atoms with Crippen molar-refractivity contribution in [2.75, 3.05) is 0 Å². The number of hydrogen-bond donors (Lipinski definition) is 2. The van der Waals surface area contributed by atoms with Crippen LogP contribution in [-0.2, 0) is 4.79 Å². The van der Waals surface area contributed by atoms with Crippen molar-refractivity contribution in [1.82, 2.24) is 0 Å². The third kappa shape index (κ3) is 1.81. The van der Waals surface area contributed by atoms with Crippen LogP contribution < -0.4 is 0 Å². The summed E-state index contributed by atoms with van der Waals surface area (Å²) >= 11 is 3.39. The van der Waals surface area contributed by atoms with Gasteiger partial charge in [-0.1, -0.05) is 46.3 Å². The number of carboxylic acids is 1. The monoisotopic (exact) mass is 280 g/mol. The van der Waals surface area contributed by atoms with E-state index in [4.69, 9.17) is 5.11 Å². The van der Waals surface area contributed by atoms with Gasteiger partial charge in [0.2, 0.25) is 0 Å². The number of carbonyl (C=O) groups is 1. The highest BCUT2D eigenvalue weighted by atomic mass is 79.9. The van der Waals surface area contributed by atoms with Crippen LogP contribution in [-0.4, -0.2) is 16.2 Å². The summed E-state index contributed by atoms with van der Waals surface area (Å²) in [5.74, 6) is -1.24. The molecule has 0 unspecified atom stereocenters. The minimum atomic E-state index is -1.49. The SMILES string of the molecule is O=C(O)[C@H](O)c1ccc(Br)c2ccccc12. The highest BCUT2D eigenvalue weighted by Crippen LogP contribution is 2.30. The summed E-state index contributed by atoms with van der Waals surface area (Å²) in [7, 11) is 0. The molecule has 2 rings (SSSR count). The summed E-state index contributed by atoms with van der Waals surface area (Å²) in [5, 5.41) is 20.0. The van der Waals surface area contributed by atoms with Crippen LogP contribution in [0.25, 0.3) is 10.8 Å². The van der Waals surface area contributed by atoms with E-state index in [1.54, 1.807) is 18.2 Å². The standard InChI is InChI=1S/C12H9BrO3/c13-10-6-5-9(11(14)12(15)16)7-3-1-2-4-8(7)10/h1-6,11,14H,(H,15,16)/t11-/m1/s1. The Morgan fingerprint density at radius 3 is 2.38 bits per heavy atom. The van der Waals surface area contributed by atoms with Gasteiger partial charge in [0.15, 0.2) is 6.10 Å². The molecule has 0 amide bonds. The maximum atomic E-state index is 10.8. The van der Waals surface area contributed by atoms with Crippen molar-refractivity contribution in [3.63, 3.8) is 0 Å². The molecule has 2 aromatic rings. The first-order valence-corrected chi connectivity index (χ1v) is 5.48. The molecule has 0 saturated carbocycles. The summed E-state index contributed by atoms with van der Waals surface area (Å²) in [6.45, 7) is 0. The number of carboxylic acid groups (broad SMARTS) is 1. The first-order chi connectivity index (χ1) is 7.61. The van der Waals surface area contributed by atoms with Gasteiger partial charge < -0.3 is 10.2 Å². The summed E-state index contributed by atoms with van der Waals surface area (Å²) in [6, 6.07) is 10.7. The van der Waals surface area contributed by atoms with Gasteiger partial charge in [0.25, 0.3) is 0 Å². The van der Waals surface area contributed by atoms with Crippen LogP contribution in [0.4, 0.5) is 0 Å². The second kappa shape index (κ2) is 4.23. The van der Waals surface area contributed by atoms with Gasteiger partial charge in [0.05, 0.1) is 0 Å². The Kier molecular flexibility index (Phi) is 2.94. The molecule has 0 fully saturated rings. The van der Waals surface area contributed by atoms with E-state index < -0.39 is 12.1 Å². The number of hydrogen-bond acceptors (Lipinski definition) is 2. The molecular weight excluding hydrogens is 272 g/mol. The quantitative estimate of drug-likeness (QED) is 0.889. The number of aliphatic hydroxyl groups is 1. The average molecular weight is 281 g/mol. The molecule has 0 aliphatic rings. The lowest BCUT2D eigenvalue weighted by molar-refractivity contribution is -0.146. The van der Waals surface area contributed by atoms with Gasteiger partial charge >= 0.3 is 5.97 Å². The molecule has 0 saturated heterocycles. The molecule has 4 heteroatoms. The van der Waals surface area contributed by atoms with Crippen molar-refractivity contribution >= 4 is 32.7 Å². The van der Waals surface area contributed by atoms with Gasteiger partial charge in [-0.05, 0) is 22.4 Å². The molecule has 1 atom stereocenters. The van der Waals surface area contributed by atoms with Gasteiger partial charge in [-0.3, -0.25) is 0 Å². The average Bonchev–Trinajstić information content (AvgIpc) is 2.29. The van der Waals surface area contributed by atoms with E-state index in [2.05, 4.69) is 15.9 Å². The third-order valence-electron chi connectivity index (χ3n) is 2.43. The maximum absolute atomic E-state index is 10.8. The van der Waals surface area contributed by atoms with Crippen molar-refractivity contribution in [2.45, 2.75) is 6.10 Å². The zero-order valence-corrected chi connectivity index (χ0v) is 9.81. The third-order valence-corrected chi connectivity index (χ3v) is 3.12. The second-order valence-electron chi connectivity index (χ2n) is 3.42. The molecule has 2 aromatic carbocycles. The van der Waals surface area contributed by atoms with Crippen molar-refractivity contribution in [2.24, 2.45) is 0 Å². The van der Waals surface area contributed by atoms with Crippen LogP contribution in [0.5, 0.6) is 0 Å². The Labute approximate surface area is 100 Å². The van der Waals surface area contributed by atoms with E-state index >= 15 is 0 Å². The fourth-order valence-electron chi connectivity index (χ4n) is 1.66. The van der Waals surface area contributed by atoms with Crippen molar-refractivity contribution in [1.29, 1.82) is 0 Å². The molecular formula is C12H9BrO3. The first kappa shape index (κ1) is 11.1. The largest absolute Gasteiger partial charge is 0.479 e. The highest BCUT2D eigenvalue weighted by Gasteiger charge is 2.18. The molecule has 0 aromatic heterocycles. The maximum Gasteiger partial charge on any atom is 0.337 e. The Balaban J connectivity index is 2.72. The van der Waals surface area contributed by atoms with Gasteiger partial charge in [-0.15, -0.1) is 0 Å². The van der Waals surface area contributed by atoms with E-state index in [9.17, 15) is 9.90 Å². The molecule has 0 bridgehead atoms. The molecule has 82 valence electrons. The van der Waals surface area contributed by atoms with Gasteiger partial charge in [-0.25, -0.2) is 4.79 Å². The van der Waals surface area contributed by atoms with Crippen LogP contribution in [0.1, 0.15) is 11.7 Å². The number of aliphatic carboxylic acids is 1. The fraction of sp³-hybridized carbons (Fsp3) is 0.0833. The Morgan fingerprint density at radius 2 is 1.75 bits per heavy atom. The first-order valence-electron chi connectivity index (χ1n) is 4.69. The van der Waals surface area contributed by atoms with E-state index in [-0.39, 0.29) is 0 Å². The summed E-state index contributed by atoms with van der Waals surface area (Å²) in [6.07, 6.45) is -1.49. The molecule has 0 aliphatic carbocycles. The zero-order valence-electron chi connectivity index (χ0n) is 8.22. The van der Waals surface area contributed by atoms with Gasteiger partial charge in [-0.2, -0.15) is 0 Å². The predicted octanol–water partition coefficient (Wildman–Crippen LogP) is 2.72. The Bertz CT molecular complexity index is 551. The van der Waals surface area contributed by atoms with E-state index in [0.717, 1.165) is 15.2 Å². The van der Waals surface area contributed by atoms with E-state index in [1.807, 2.05) is 18.2 Å². The minimum absolute atomic E-state index is 0.409. The minimum Gasteiger partial charge on any atom is -0.479 e. The summed E-state index contributed by atoms with van der Waals surface area (Å²) in [4.78, 5) is 10.8. The van der Waals surface area contributed by atoms with Crippen molar-refractivity contribution in [3.05, 3.63) is 46.4 Å². The number of aliphatic hydroxyl groups excluding tert-OH is 1. The van der Waals surface area contributed by atoms with Crippen LogP contribution >= 0.6 is 15.9 Å². The predicted molar refractivity (Wildman–Crippen MR) is 64.2 cm³/mol. The Hall–Kier alpha value is -1.39. The lowest BCUT2D eigenvalue weighted by Crippen LogP contribution is -2.10. The molecule has 0 spiro atoms. The molecule has 16 heavy (non-hydrogen) atoms. The van der Waals surface area contributed by atoms with Crippen molar-refractivity contribution in [3.8, 4) is 0 Å². The number of halogens is 1. The highest BCUT2D eigenvalue weighted by molar-refractivity contribution is 9.10. The van der Waals surface area contributed by atoms with Crippen LogP contribution in [0, 0.1) is 0 Å². The van der Waals surface area contributed by atoms with E-state index in [1.165, 1.54) is 0 Å². The molecule has 0 radical (unpaired) electrons. The molecule has 0 heterocycles. The van der Waals surface area contributed by atoms with Crippen LogP contribution in [0.15, 0.2) is 40.9 Å². The number of benzene rings is 2. The summed E-state index contributed by atoms with van der Waals surface area (Å²) < 4.78 is 0.879. The normalized spacial score (nSPS) is 12.6. The van der Waals surface area contributed by atoms with E-state index in [0.29, 0.717) is 5.56 Å². The lowest BCUT2D eigenvalue weighted by Gasteiger charge is -2.10. The lowest BCUT2D eigenvalue weighted by atomic mass is 10.0. The molecule has 3 nitrogen and oxygen atoms in total. The number of fused-ring (bicyclic) bond motifs is 1. The van der Waals surface area contributed by atoms with Crippen molar-refractivity contribution < 1.29 is 15.0 Å². The Morgan fingerprint density at radius 1 is 1.12 bits per heavy atom. The zero-order chi connectivity index (χ0) is 11.7. The topological polar surface area (TPSA) is 57.5 Å². The smallest absolute Gasteiger partial charge is 0.337 e. The van der Waals surface area contributed by atoms with Crippen LogP contribution in [0.3, 0.4) is 0 Å². The van der Waals surface area contributed by atoms with Crippen LogP contribution in [0.2, 0.25) is 0 Å². The van der Waals surface area contributed by atoms with Gasteiger partial charge in [0, 0.05) is 4.47 Å². The molecule has 2 N–H and O–H groups in total. The fourth-order valence-corrected chi connectivity index (χ4v) is 2.13. The second-order valence-corrected chi connectivity index (χ2v) is 4.28. The molecule has 0 aliphatic heterocycles. The number of rotatable bonds is 2. The van der Waals surface area contributed by atoms with Gasteiger partial charge in [0.1, 0.15) is 0 Å². The summed E-state index contributed by atoms with van der Waals surface area (Å²) in [5.41, 5.74) is 0.409.